The number of para-hydroxylation sites is 2. The number of methoxy groups -OCH3 is 1. The second-order valence-corrected chi connectivity index (χ2v) is 10.4. The lowest BCUT2D eigenvalue weighted by Gasteiger charge is -2.29. The number of nitrogens with one attached hydrogen (secondary N) is 1. The maximum Gasteiger partial charge on any atom is 0.333 e. The first kappa shape index (κ1) is 26.9. The van der Waals surface area contributed by atoms with Gasteiger partial charge < -0.3 is 14.8 Å². The fourth-order valence-corrected chi connectivity index (χ4v) is 5.39. The van der Waals surface area contributed by atoms with Crippen molar-refractivity contribution >= 4 is 28.5 Å². The van der Waals surface area contributed by atoms with E-state index in [-0.39, 0.29) is 17.6 Å². The van der Waals surface area contributed by atoms with Crippen LogP contribution in [0.15, 0.2) is 59.8 Å². The highest BCUT2D eigenvalue weighted by Gasteiger charge is 2.26. The van der Waals surface area contributed by atoms with Gasteiger partial charge in [-0.05, 0) is 56.7 Å². The molecule has 0 aliphatic heterocycles. The summed E-state index contributed by atoms with van der Waals surface area (Å²) in [5.41, 5.74) is 3.42. The number of halogens is 1. The van der Waals surface area contributed by atoms with Gasteiger partial charge in [0.05, 0.1) is 52.0 Å². The smallest absolute Gasteiger partial charge is 0.333 e. The molecule has 10 heteroatoms. The Labute approximate surface area is 231 Å². The normalized spacial score (nSPS) is 17.3. The van der Waals surface area contributed by atoms with Crippen LogP contribution in [0.3, 0.4) is 0 Å². The van der Waals surface area contributed by atoms with Crippen LogP contribution in [0, 0.1) is 12.8 Å². The number of nitrogens with zero attached hydrogens (tertiary/aromatic N) is 4. The zero-order valence-electron chi connectivity index (χ0n) is 22.1. The SMILES string of the molecule is COCCOc1cncc(-n2c(=O)n(C[C@H]3CC[C@H](NC(=O)c4cc(Cl)cnc4C)CC3)c3ccccc32)c1. The molecule has 0 spiro atoms. The van der Waals surface area contributed by atoms with Gasteiger partial charge in [0.15, 0.2) is 0 Å². The van der Waals surface area contributed by atoms with Gasteiger partial charge in [0.1, 0.15) is 12.4 Å². The first-order valence-corrected chi connectivity index (χ1v) is 13.5. The highest BCUT2D eigenvalue weighted by atomic mass is 35.5. The number of ether oxygens (including phenoxy) is 2. The van der Waals surface area contributed by atoms with Gasteiger partial charge in [-0.2, -0.15) is 0 Å². The van der Waals surface area contributed by atoms with Gasteiger partial charge in [0.25, 0.3) is 5.91 Å². The van der Waals surface area contributed by atoms with Crippen LogP contribution in [0.1, 0.15) is 41.7 Å². The Kier molecular flexibility index (Phi) is 8.28. The second-order valence-electron chi connectivity index (χ2n) is 9.92. The van der Waals surface area contributed by atoms with Crippen LogP contribution in [0.2, 0.25) is 5.02 Å². The molecule has 3 aromatic heterocycles. The summed E-state index contributed by atoms with van der Waals surface area (Å²) in [5, 5.41) is 3.59. The third-order valence-corrected chi connectivity index (χ3v) is 7.48. The molecule has 1 aromatic carbocycles. The summed E-state index contributed by atoms with van der Waals surface area (Å²) in [5.74, 6) is 0.760. The quantitative estimate of drug-likeness (QED) is 0.307. The molecule has 1 amide bonds. The molecule has 0 saturated heterocycles. The number of amides is 1. The van der Waals surface area contributed by atoms with Crippen molar-refractivity contribution in [2.45, 2.75) is 45.2 Å². The lowest BCUT2D eigenvalue weighted by Crippen LogP contribution is -2.39. The van der Waals surface area contributed by atoms with E-state index in [0.29, 0.717) is 53.4 Å². The molecule has 0 unspecified atom stereocenters. The van der Waals surface area contributed by atoms with E-state index in [4.69, 9.17) is 21.1 Å². The maximum absolute atomic E-state index is 13.7. The Morgan fingerprint density at radius 2 is 1.85 bits per heavy atom. The first-order chi connectivity index (χ1) is 18.9. The maximum atomic E-state index is 13.7. The van der Waals surface area contributed by atoms with Crippen molar-refractivity contribution in [3.63, 3.8) is 0 Å². The molecule has 1 aliphatic rings. The van der Waals surface area contributed by atoms with Gasteiger partial charge >= 0.3 is 5.69 Å². The summed E-state index contributed by atoms with van der Waals surface area (Å²) < 4.78 is 14.3. The molecule has 0 atom stereocenters. The molecule has 5 rings (SSSR count). The predicted octanol–water partition coefficient (Wildman–Crippen LogP) is 4.56. The predicted molar refractivity (Wildman–Crippen MR) is 150 cm³/mol. The van der Waals surface area contributed by atoms with Gasteiger partial charge in [-0.3, -0.25) is 23.9 Å². The van der Waals surface area contributed by atoms with Gasteiger partial charge in [-0.15, -0.1) is 0 Å². The minimum atomic E-state index is -0.146. The minimum Gasteiger partial charge on any atom is -0.489 e. The number of imidazole rings is 1. The van der Waals surface area contributed by atoms with E-state index < -0.39 is 0 Å². The van der Waals surface area contributed by atoms with Crippen LogP contribution in [0.25, 0.3) is 16.7 Å². The Morgan fingerprint density at radius 3 is 2.62 bits per heavy atom. The van der Waals surface area contributed by atoms with Crippen molar-refractivity contribution in [1.82, 2.24) is 24.4 Å². The third-order valence-electron chi connectivity index (χ3n) is 7.27. The Morgan fingerprint density at radius 1 is 1.08 bits per heavy atom. The molecule has 4 aromatic rings. The number of fused-ring (bicyclic) bond motifs is 1. The van der Waals surface area contributed by atoms with Gasteiger partial charge in [0, 0.05) is 32.0 Å². The Hall–Kier alpha value is -3.69. The number of rotatable bonds is 9. The number of carbonyl (C=O) groups excluding carboxylic acids is 1. The van der Waals surface area contributed by atoms with Crippen LogP contribution in [0.4, 0.5) is 0 Å². The van der Waals surface area contributed by atoms with Gasteiger partial charge in [0.2, 0.25) is 0 Å². The summed E-state index contributed by atoms with van der Waals surface area (Å²) in [7, 11) is 1.62. The second kappa shape index (κ2) is 12.0. The zero-order chi connectivity index (χ0) is 27.4. The fraction of sp³-hybridized carbons (Fsp3) is 0.379. The van der Waals surface area contributed by atoms with Crippen molar-refractivity contribution in [1.29, 1.82) is 0 Å². The molecule has 0 bridgehead atoms. The number of aromatic nitrogens is 4. The summed E-state index contributed by atoms with van der Waals surface area (Å²) in [6.07, 6.45) is 8.37. The Balaban J connectivity index is 1.30. The number of aryl methyl sites for hydroxylation is 1. The van der Waals surface area contributed by atoms with Crippen LogP contribution in [-0.4, -0.2) is 51.4 Å². The molecule has 204 valence electrons. The lowest BCUT2D eigenvalue weighted by atomic mass is 9.85. The van der Waals surface area contributed by atoms with Crippen LogP contribution in [0.5, 0.6) is 5.75 Å². The lowest BCUT2D eigenvalue weighted by molar-refractivity contribution is 0.0919. The third kappa shape index (κ3) is 5.99. The number of benzene rings is 1. The van der Waals surface area contributed by atoms with E-state index in [1.54, 1.807) is 43.3 Å². The molecule has 0 radical (unpaired) electrons. The monoisotopic (exact) mass is 549 g/mol. The zero-order valence-corrected chi connectivity index (χ0v) is 22.9. The summed E-state index contributed by atoms with van der Waals surface area (Å²) in [4.78, 5) is 35.0. The molecular formula is C29H32ClN5O4. The highest BCUT2D eigenvalue weighted by molar-refractivity contribution is 6.30. The summed E-state index contributed by atoms with van der Waals surface area (Å²) in [6, 6.07) is 11.4. The van der Waals surface area contributed by atoms with Gasteiger partial charge in [-0.25, -0.2) is 4.79 Å². The van der Waals surface area contributed by atoms with Gasteiger partial charge in [-0.1, -0.05) is 23.7 Å². The van der Waals surface area contributed by atoms with Crippen LogP contribution < -0.4 is 15.7 Å². The number of pyridine rings is 2. The molecule has 1 aliphatic carbocycles. The van der Waals surface area contributed by atoms with Crippen molar-refractivity contribution in [2.24, 2.45) is 5.92 Å². The molecule has 1 fully saturated rings. The number of carbonyl (C=O) groups is 1. The van der Waals surface area contributed by atoms with E-state index in [1.807, 2.05) is 34.9 Å². The van der Waals surface area contributed by atoms with E-state index in [0.717, 1.165) is 36.7 Å². The van der Waals surface area contributed by atoms with E-state index in [2.05, 4.69) is 15.3 Å². The molecule has 3 heterocycles. The standard InChI is InChI=1S/C29H32ClN5O4/c1-19-25(13-21(30)15-32-19)28(36)33-22-9-7-20(8-10-22)18-34-26-5-3-4-6-27(26)35(29(34)37)23-14-24(17-31-16-23)39-12-11-38-2/h3-6,13-17,20,22H,7-12,18H2,1-2H3,(H,33,36)/t20-,22-. The molecule has 1 saturated carbocycles. The minimum absolute atomic E-state index is 0.0807. The average Bonchev–Trinajstić information content (AvgIpc) is 3.22. The average molecular weight is 550 g/mol. The fourth-order valence-electron chi connectivity index (χ4n) is 5.23. The van der Waals surface area contributed by atoms with Crippen LogP contribution >= 0.6 is 11.6 Å². The van der Waals surface area contributed by atoms with Crippen molar-refractivity contribution in [2.75, 3.05) is 20.3 Å². The first-order valence-electron chi connectivity index (χ1n) is 13.1. The van der Waals surface area contributed by atoms with Crippen LogP contribution in [-0.2, 0) is 11.3 Å². The van der Waals surface area contributed by atoms with E-state index >= 15 is 0 Å². The van der Waals surface area contributed by atoms with E-state index in [1.165, 1.54) is 0 Å². The molecule has 39 heavy (non-hydrogen) atoms. The topological polar surface area (TPSA) is 100 Å². The highest BCUT2D eigenvalue weighted by Crippen LogP contribution is 2.28. The number of hydrogen-bond acceptors (Lipinski definition) is 6. The van der Waals surface area contributed by atoms with Crippen molar-refractivity contribution < 1.29 is 14.3 Å². The number of hydrogen-bond donors (Lipinski definition) is 1. The molecular weight excluding hydrogens is 518 g/mol. The van der Waals surface area contributed by atoms with Crippen molar-refractivity contribution in [3.05, 3.63) is 81.8 Å². The molecule has 1 N–H and O–H groups in total. The Bertz CT molecular complexity index is 1520. The summed E-state index contributed by atoms with van der Waals surface area (Å²) >= 11 is 6.04. The summed E-state index contributed by atoms with van der Waals surface area (Å²) in [6.45, 7) is 3.28. The van der Waals surface area contributed by atoms with Crippen molar-refractivity contribution in [3.8, 4) is 11.4 Å². The van der Waals surface area contributed by atoms with E-state index in [9.17, 15) is 9.59 Å². The largest absolute Gasteiger partial charge is 0.489 e. The molecule has 9 nitrogen and oxygen atoms in total.